The summed E-state index contributed by atoms with van der Waals surface area (Å²) in [5.74, 6) is 0. The van der Waals surface area contributed by atoms with Crippen molar-refractivity contribution < 1.29 is 9.72 Å². The van der Waals surface area contributed by atoms with Gasteiger partial charge in [-0.1, -0.05) is 6.92 Å². The van der Waals surface area contributed by atoms with E-state index >= 15 is 0 Å². The minimum atomic E-state index is -0.457. The van der Waals surface area contributed by atoms with Gasteiger partial charge in [-0.3, -0.25) is 10.1 Å². The number of benzene rings is 1. The lowest BCUT2D eigenvalue weighted by Gasteiger charge is -2.35. The zero-order valence-corrected chi connectivity index (χ0v) is 13.5. The highest BCUT2D eigenvalue weighted by Crippen LogP contribution is 2.35. The van der Waals surface area contributed by atoms with Crippen LogP contribution in [0.3, 0.4) is 0 Å². The molecule has 3 rings (SSSR count). The molecule has 2 amide bonds. The first-order chi connectivity index (χ1) is 11.1. The number of carbonyl (C=O) groups excluding carboxylic acids is 1. The molecule has 1 unspecified atom stereocenters. The summed E-state index contributed by atoms with van der Waals surface area (Å²) < 4.78 is 0. The molecule has 0 saturated heterocycles. The SMILES string of the molecule is CCC1c2ccsc2CCN1C(=O)Nc1ccc([N+](=O)[O-])cc1. The van der Waals surface area contributed by atoms with Gasteiger partial charge in [0.25, 0.3) is 5.69 Å². The highest BCUT2D eigenvalue weighted by molar-refractivity contribution is 7.10. The molecule has 7 heteroatoms. The number of nitro groups is 1. The molecule has 0 radical (unpaired) electrons. The van der Waals surface area contributed by atoms with Crippen molar-refractivity contribution in [2.45, 2.75) is 25.8 Å². The summed E-state index contributed by atoms with van der Waals surface area (Å²) in [5.41, 5.74) is 1.81. The Balaban J connectivity index is 1.74. The van der Waals surface area contributed by atoms with Crippen LogP contribution in [0.25, 0.3) is 0 Å². The van der Waals surface area contributed by atoms with E-state index in [1.165, 1.54) is 22.6 Å². The second kappa shape index (κ2) is 6.37. The molecule has 0 bridgehead atoms. The average Bonchev–Trinajstić information content (AvgIpc) is 3.02. The smallest absolute Gasteiger partial charge is 0.317 e. The number of anilines is 1. The van der Waals surface area contributed by atoms with E-state index in [2.05, 4.69) is 23.7 Å². The standard InChI is InChI=1S/C16H17N3O3S/c1-2-14-13-8-10-23-15(13)7-9-18(14)16(20)17-11-3-5-12(6-4-11)19(21)22/h3-6,8,10,14H,2,7,9H2,1H3,(H,17,20). The normalized spacial score (nSPS) is 16.7. The highest BCUT2D eigenvalue weighted by atomic mass is 32.1. The van der Waals surface area contributed by atoms with Crippen LogP contribution in [0.15, 0.2) is 35.7 Å². The van der Waals surface area contributed by atoms with Gasteiger partial charge < -0.3 is 10.2 Å². The summed E-state index contributed by atoms with van der Waals surface area (Å²) in [6, 6.07) is 7.90. The van der Waals surface area contributed by atoms with Crippen LogP contribution in [0.4, 0.5) is 16.2 Å². The zero-order valence-electron chi connectivity index (χ0n) is 12.7. The van der Waals surface area contributed by atoms with Gasteiger partial charge >= 0.3 is 6.03 Å². The number of nitrogens with one attached hydrogen (secondary N) is 1. The Hall–Kier alpha value is -2.41. The van der Waals surface area contributed by atoms with E-state index in [0.717, 1.165) is 12.8 Å². The molecule has 0 saturated carbocycles. The van der Waals surface area contributed by atoms with E-state index in [1.807, 2.05) is 4.90 Å². The molecule has 1 aromatic carbocycles. The molecule has 6 nitrogen and oxygen atoms in total. The third-order valence-electron chi connectivity index (χ3n) is 4.07. The number of hydrogen-bond donors (Lipinski definition) is 1. The van der Waals surface area contributed by atoms with Gasteiger partial charge in [0.15, 0.2) is 0 Å². The predicted octanol–water partition coefficient (Wildman–Crippen LogP) is 4.20. The maximum Gasteiger partial charge on any atom is 0.322 e. The van der Waals surface area contributed by atoms with Crippen LogP contribution < -0.4 is 5.32 Å². The lowest BCUT2D eigenvalue weighted by molar-refractivity contribution is -0.384. The Bertz CT molecular complexity index is 726. The molecule has 0 spiro atoms. The Morgan fingerprint density at radius 1 is 1.39 bits per heavy atom. The predicted molar refractivity (Wildman–Crippen MR) is 89.9 cm³/mol. The molecule has 1 aliphatic heterocycles. The molecular formula is C16H17N3O3S. The first kappa shape index (κ1) is 15.5. The van der Waals surface area contributed by atoms with E-state index in [0.29, 0.717) is 12.2 Å². The van der Waals surface area contributed by atoms with Crippen LogP contribution in [0.5, 0.6) is 0 Å². The molecule has 2 aromatic rings. The van der Waals surface area contributed by atoms with Crippen molar-refractivity contribution >= 4 is 28.7 Å². The minimum absolute atomic E-state index is 0.00956. The van der Waals surface area contributed by atoms with Gasteiger partial charge in [-0.15, -0.1) is 11.3 Å². The van der Waals surface area contributed by atoms with Crippen LogP contribution in [-0.2, 0) is 6.42 Å². The van der Waals surface area contributed by atoms with Gasteiger partial charge in [0.05, 0.1) is 11.0 Å². The summed E-state index contributed by atoms with van der Waals surface area (Å²) in [4.78, 5) is 26.0. The maximum atomic E-state index is 12.6. The third-order valence-corrected chi connectivity index (χ3v) is 5.07. The van der Waals surface area contributed by atoms with Crippen molar-refractivity contribution in [2.24, 2.45) is 0 Å². The molecule has 23 heavy (non-hydrogen) atoms. The number of rotatable bonds is 3. The fourth-order valence-electron chi connectivity index (χ4n) is 2.94. The van der Waals surface area contributed by atoms with Gasteiger partial charge in [-0.25, -0.2) is 4.79 Å². The summed E-state index contributed by atoms with van der Waals surface area (Å²) in [5, 5.41) is 15.6. The number of fused-ring (bicyclic) bond motifs is 1. The fraction of sp³-hybridized carbons (Fsp3) is 0.312. The van der Waals surface area contributed by atoms with Gasteiger partial charge in [-0.2, -0.15) is 0 Å². The Morgan fingerprint density at radius 3 is 2.78 bits per heavy atom. The number of amides is 2. The monoisotopic (exact) mass is 331 g/mol. The number of nitro benzene ring substituents is 1. The summed E-state index contributed by atoms with van der Waals surface area (Å²) >= 11 is 1.74. The first-order valence-electron chi connectivity index (χ1n) is 7.48. The molecule has 1 aromatic heterocycles. The molecule has 1 atom stereocenters. The highest BCUT2D eigenvalue weighted by Gasteiger charge is 2.30. The van der Waals surface area contributed by atoms with Gasteiger partial charge in [-0.05, 0) is 42.0 Å². The van der Waals surface area contributed by atoms with Crippen molar-refractivity contribution in [3.05, 3.63) is 56.3 Å². The summed E-state index contributed by atoms with van der Waals surface area (Å²) in [7, 11) is 0. The first-order valence-corrected chi connectivity index (χ1v) is 8.36. The molecule has 120 valence electrons. The lowest BCUT2D eigenvalue weighted by atomic mass is 9.98. The van der Waals surface area contributed by atoms with Crippen molar-refractivity contribution in [1.82, 2.24) is 4.90 Å². The second-order valence-electron chi connectivity index (χ2n) is 5.40. The van der Waals surface area contributed by atoms with Crippen molar-refractivity contribution in [2.75, 3.05) is 11.9 Å². The number of non-ortho nitro benzene ring substituents is 1. The lowest BCUT2D eigenvalue weighted by Crippen LogP contribution is -2.41. The average molecular weight is 331 g/mol. The number of urea groups is 1. The van der Waals surface area contributed by atoms with Gasteiger partial charge in [0.2, 0.25) is 0 Å². The van der Waals surface area contributed by atoms with Crippen molar-refractivity contribution in [3.63, 3.8) is 0 Å². The van der Waals surface area contributed by atoms with Crippen LogP contribution in [0.1, 0.15) is 29.8 Å². The van der Waals surface area contributed by atoms with E-state index in [1.54, 1.807) is 23.5 Å². The summed E-state index contributed by atoms with van der Waals surface area (Å²) in [6.45, 7) is 2.76. The number of thiophene rings is 1. The largest absolute Gasteiger partial charge is 0.322 e. The van der Waals surface area contributed by atoms with Gasteiger partial charge in [0, 0.05) is 29.2 Å². The fourth-order valence-corrected chi connectivity index (χ4v) is 3.87. The third kappa shape index (κ3) is 3.05. The topological polar surface area (TPSA) is 75.5 Å². The molecule has 1 N–H and O–H groups in total. The van der Waals surface area contributed by atoms with Crippen molar-refractivity contribution in [3.8, 4) is 0 Å². The summed E-state index contributed by atoms with van der Waals surface area (Å²) in [6.07, 6.45) is 1.73. The number of nitrogens with zero attached hydrogens (tertiary/aromatic N) is 2. The second-order valence-corrected chi connectivity index (χ2v) is 6.40. The Morgan fingerprint density at radius 2 is 2.13 bits per heavy atom. The van der Waals surface area contributed by atoms with Crippen LogP contribution >= 0.6 is 11.3 Å². The van der Waals surface area contributed by atoms with Gasteiger partial charge in [0.1, 0.15) is 0 Å². The van der Waals surface area contributed by atoms with Crippen LogP contribution in [0.2, 0.25) is 0 Å². The quantitative estimate of drug-likeness (QED) is 0.676. The van der Waals surface area contributed by atoms with E-state index < -0.39 is 4.92 Å². The van der Waals surface area contributed by atoms with Crippen LogP contribution in [-0.4, -0.2) is 22.4 Å². The zero-order chi connectivity index (χ0) is 16.4. The van der Waals surface area contributed by atoms with Crippen molar-refractivity contribution in [1.29, 1.82) is 0 Å². The minimum Gasteiger partial charge on any atom is -0.317 e. The van der Waals surface area contributed by atoms with E-state index in [-0.39, 0.29) is 17.8 Å². The molecule has 1 aliphatic rings. The Labute approximate surface area is 137 Å². The van der Waals surface area contributed by atoms with E-state index in [9.17, 15) is 14.9 Å². The number of carbonyl (C=O) groups is 1. The number of hydrogen-bond acceptors (Lipinski definition) is 4. The van der Waals surface area contributed by atoms with Crippen LogP contribution in [0, 0.1) is 10.1 Å². The molecule has 0 aliphatic carbocycles. The molecular weight excluding hydrogens is 314 g/mol. The molecule has 2 heterocycles. The van der Waals surface area contributed by atoms with E-state index in [4.69, 9.17) is 0 Å². The maximum absolute atomic E-state index is 12.6. The Kier molecular flexibility index (Phi) is 4.29. The molecule has 0 fully saturated rings.